The lowest BCUT2D eigenvalue weighted by Crippen LogP contribution is -2.48. The molecule has 0 unspecified atom stereocenters. The number of ketones is 2. The Bertz CT molecular complexity index is 2660. The minimum Gasteiger partial charge on any atom is -0.497 e. The van der Waals surface area contributed by atoms with Gasteiger partial charge in [-0.1, -0.05) is 18.2 Å². The number of aromatic nitrogens is 4. The number of benzene rings is 1. The zero-order valence-corrected chi connectivity index (χ0v) is 37.2. The first-order valence-corrected chi connectivity index (χ1v) is 21.5. The number of nitrogens with one attached hydrogen (secondary N) is 1. The molecule has 23 heteroatoms. The largest absolute Gasteiger partial charge is 0.497 e. The summed E-state index contributed by atoms with van der Waals surface area (Å²) in [5.41, 5.74) is 6.48. The summed E-state index contributed by atoms with van der Waals surface area (Å²) in [5.74, 6) is 1.46. The van der Waals surface area contributed by atoms with Crippen molar-refractivity contribution >= 4 is 58.3 Å². The number of carbonyl (C=O) groups excluding carboxylic acids is 4. The Morgan fingerprint density at radius 3 is 1.68 bits per heavy atom. The van der Waals surface area contributed by atoms with Crippen LogP contribution >= 0.6 is 0 Å². The molecule has 2 fully saturated rings. The number of rotatable bonds is 10. The Kier molecular flexibility index (Phi) is 15.0. The molecular weight excluding hydrogens is 919 g/mol. The van der Waals surface area contributed by atoms with Crippen LogP contribution in [0.25, 0.3) is 0 Å². The fourth-order valence-electron chi connectivity index (χ4n) is 7.96. The van der Waals surface area contributed by atoms with Crippen LogP contribution in [0.5, 0.6) is 17.2 Å². The minimum absolute atomic E-state index is 0.0898. The second-order valence-corrected chi connectivity index (χ2v) is 16.0. The zero-order chi connectivity index (χ0) is 49.5. The predicted molar refractivity (Wildman–Crippen MR) is 241 cm³/mol. The highest BCUT2D eigenvalue weighted by Crippen LogP contribution is 2.41. The van der Waals surface area contributed by atoms with Crippen LogP contribution < -0.4 is 44.9 Å². The van der Waals surface area contributed by atoms with E-state index in [-0.39, 0.29) is 40.9 Å². The Morgan fingerprint density at radius 1 is 0.667 bits per heavy atom. The average Bonchev–Trinajstić information content (AvgIpc) is 3.95. The molecule has 0 aliphatic carbocycles. The maximum Gasteiger partial charge on any atom is 0.421 e. The van der Waals surface area contributed by atoms with E-state index < -0.39 is 61.7 Å². The molecule has 4 bridgehead atoms. The van der Waals surface area contributed by atoms with Crippen molar-refractivity contribution in [2.75, 3.05) is 71.0 Å². The maximum absolute atomic E-state index is 13.1. The highest BCUT2D eigenvalue weighted by Gasteiger charge is 2.43. The van der Waals surface area contributed by atoms with Crippen LogP contribution in [-0.4, -0.2) is 108 Å². The van der Waals surface area contributed by atoms with E-state index in [2.05, 4.69) is 25.3 Å². The Labute approximate surface area is 391 Å². The van der Waals surface area contributed by atoms with Gasteiger partial charge in [0.2, 0.25) is 0 Å². The van der Waals surface area contributed by atoms with Gasteiger partial charge in [0.15, 0.2) is 23.2 Å². The van der Waals surface area contributed by atoms with E-state index in [9.17, 15) is 45.5 Å². The van der Waals surface area contributed by atoms with Crippen LogP contribution in [0.15, 0.2) is 91.3 Å². The van der Waals surface area contributed by atoms with Crippen LogP contribution in [0.4, 0.5) is 70.6 Å². The lowest BCUT2D eigenvalue weighted by molar-refractivity contribution is -0.134. The molecule has 3 N–H and O–H groups in total. The topological polar surface area (TPSA) is 199 Å². The molecule has 2 atom stereocenters. The van der Waals surface area contributed by atoms with Gasteiger partial charge in [-0.25, -0.2) is 29.5 Å². The predicted octanol–water partition coefficient (Wildman–Crippen LogP) is 8.52. The van der Waals surface area contributed by atoms with Gasteiger partial charge in [0.25, 0.3) is 0 Å². The van der Waals surface area contributed by atoms with E-state index in [1.54, 1.807) is 80.0 Å². The molecule has 364 valence electrons. The van der Waals surface area contributed by atoms with E-state index in [0.29, 0.717) is 61.2 Å². The van der Waals surface area contributed by atoms with Crippen molar-refractivity contribution in [1.29, 1.82) is 0 Å². The number of pyridine rings is 4. The van der Waals surface area contributed by atoms with Gasteiger partial charge in [-0.05, 0) is 61.4 Å². The number of para-hydroxylation sites is 1. The first kappa shape index (κ1) is 49.2. The van der Waals surface area contributed by atoms with Gasteiger partial charge in [0.05, 0.1) is 50.5 Å². The molecule has 8 heterocycles. The number of ether oxygens (including phenoxy) is 3. The standard InChI is InChI=1S/C20H20F3N5O3.C20H18F3N3O3.C6H8N2O/c1-31-13-5-8-24-17(10-13)26-19(30)28-12-6-9-27(11-12)15-3-2-14(25-18(15)28)16(29)4-7-20(21,22)23;21-20(22,23)10-8-17(27)15-6-7-16-18(24-15)26(13-9-11-25(16)12-13)19(28)29-14-4-2-1-3-5-14;1-9-5-2-3-8-6(7)4-5/h2-3,5,8,10,12H,4,6-7,9,11H2,1H3,(H,24,26,30);1-7,13H,8-12H2;2-4H,1H3,(H2,7,8)/t12-;13-;/m00./s1. The molecule has 0 radical (unpaired) electrons. The average molecular weight is 965 g/mol. The van der Waals surface area contributed by atoms with Crippen molar-refractivity contribution in [2.24, 2.45) is 0 Å². The van der Waals surface area contributed by atoms with Crippen molar-refractivity contribution in [1.82, 2.24) is 19.9 Å². The summed E-state index contributed by atoms with van der Waals surface area (Å²) in [5, 5.41) is 2.71. The molecule has 17 nitrogen and oxygen atoms in total. The molecule has 5 aromatic rings. The lowest BCUT2D eigenvalue weighted by Gasteiger charge is -2.35. The molecule has 3 amide bonds. The number of carbonyl (C=O) groups is 4. The number of Topliss-reactive ketones (excluding diaryl/α,β-unsaturated/α-hetero) is 2. The fraction of sp³-hybridized carbons (Fsp3) is 0.348. The van der Waals surface area contributed by atoms with Gasteiger partial charge < -0.3 is 29.7 Å². The molecule has 0 spiro atoms. The number of hydrogen-bond acceptors (Lipinski definition) is 14. The first-order chi connectivity index (χ1) is 32.9. The Morgan fingerprint density at radius 2 is 1.17 bits per heavy atom. The number of alkyl halides is 6. The molecule has 0 saturated carbocycles. The monoisotopic (exact) mass is 964 g/mol. The van der Waals surface area contributed by atoms with Crippen LogP contribution in [0, 0.1) is 0 Å². The smallest absolute Gasteiger partial charge is 0.421 e. The quantitative estimate of drug-likeness (QED) is 0.0997. The van der Waals surface area contributed by atoms with Crippen molar-refractivity contribution in [3.63, 3.8) is 0 Å². The number of fused-ring (bicyclic) bond motifs is 8. The summed E-state index contributed by atoms with van der Waals surface area (Å²) in [6.45, 7) is 2.65. The van der Waals surface area contributed by atoms with E-state index in [1.807, 2.05) is 9.80 Å². The molecule has 4 aromatic heterocycles. The third kappa shape index (κ3) is 12.4. The van der Waals surface area contributed by atoms with Crippen LogP contribution in [0.3, 0.4) is 0 Å². The second kappa shape index (κ2) is 21.1. The SMILES string of the molecule is COc1ccnc(N)c1.COc1ccnc(NC(=O)N2c3nc(C(=O)CCC(F)(F)F)ccc3N3CC[C@H]2C3)c1.O=C(CCC(F)(F)F)c1ccc2c(n1)N(C(=O)Oc1ccccc1)[C@H]1CCN2C1. The number of methoxy groups -OCH3 is 2. The van der Waals surface area contributed by atoms with Crippen molar-refractivity contribution in [3.05, 3.63) is 103 Å². The van der Waals surface area contributed by atoms with Crippen molar-refractivity contribution in [3.8, 4) is 17.2 Å². The van der Waals surface area contributed by atoms with Crippen LogP contribution in [0.1, 0.15) is 59.5 Å². The zero-order valence-electron chi connectivity index (χ0n) is 37.2. The molecule has 9 rings (SSSR count). The second-order valence-electron chi connectivity index (χ2n) is 16.0. The summed E-state index contributed by atoms with van der Waals surface area (Å²) in [6, 6.07) is 20.4. The number of nitrogens with zero attached hydrogens (tertiary/aromatic N) is 8. The van der Waals surface area contributed by atoms with Crippen LogP contribution in [-0.2, 0) is 0 Å². The summed E-state index contributed by atoms with van der Waals surface area (Å²) in [7, 11) is 3.09. The fourth-order valence-corrected chi connectivity index (χ4v) is 7.96. The van der Waals surface area contributed by atoms with Crippen LogP contribution in [0.2, 0.25) is 0 Å². The summed E-state index contributed by atoms with van der Waals surface area (Å²) >= 11 is 0. The number of nitrogen functional groups attached to an aromatic ring is 1. The maximum atomic E-state index is 13.1. The normalized spacial score (nSPS) is 16.5. The van der Waals surface area contributed by atoms with E-state index in [1.165, 1.54) is 35.2 Å². The van der Waals surface area contributed by atoms with E-state index >= 15 is 0 Å². The van der Waals surface area contributed by atoms with Crippen molar-refractivity contribution in [2.45, 2.75) is 63.0 Å². The molecule has 2 saturated heterocycles. The van der Waals surface area contributed by atoms with E-state index in [4.69, 9.17) is 19.9 Å². The number of nitrogens with two attached hydrogens (primary N) is 1. The Balaban J connectivity index is 0.000000173. The minimum atomic E-state index is -4.43. The summed E-state index contributed by atoms with van der Waals surface area (Å²) in [4.78, 5) is 73.9. The molecule has 1 aromatic carbocycles. The van der Waals surface area contributed by atoms with Gasteiger partial charge in [0.1, 0.15) is 40.3 Å². The molecule has 4 aliphatic rings. The highest BCUT2D eigenvalue weighted by atomic mass is 19.4. The van der Waals surface area contributed by atoms with Gasteiger partial charge in [-0.15, -0.1) is 0 Å². The number of urea groups is 1. The highest BCUT2D eigenvalue weighted by molar-refractivity contribution is 6.05. The molecule has 69 heavy (non-hydrogen) atoms. The lowest BCUT2D eigenvalue weighted by atomic mass is 10.1. The molecular formula is C46H46F6N10O7. The van der Waals surface area contributed by atoms with Gasteiger partial charge in [0, 0.05) is 63.5 Å². The Hall–Kier alpha value is -7.72. The van der Waals surface area contributed by atoms with Gasteiger partial charge >= 0.3 is 24.5 Å². The number of halogens is 6. The van der Waals surface area contributed by atoms with Gasteiger partial charge in [-0.2, -0.15) is 26.3 Å². The number of anilines is 6. The first-order valence-electron chi connectivity index (χ1n) is 21.5. The third-order valence-electron chi connectivity index (χ3n) is 11.3. The number of hydrogen-bond donors (Lipinski definition) is 2. The molecule has 4 aliphatic heterocycles. The summed E-state index contributed by atoms with van der Waals surface area (Å²) in [6.07, 6.45) is -8.77. The third-order valence-corrected chi connectivity index (χ3v) is 11.3. The summed E-state index contributed by atoms with van der Waals surface area (Å²) < 4.78 is 90.3. The van der Waals surface area contributed by atoms with Gasteiger partial charge in [-0.3, -0.25) is 24.7 Å². The number of amides is 3. The van der Waals surface area contributed by atoms with E-state index in [0.717, 1.165) is 12.3 Å². The van der Waals surface area contributed by atoms with Crippen molar-refractivity contribution < 1.29 is 59.7 Å².